The van der Waals surface area contributed by atoms with Gasteiger partial charge in [-0.25, -0.2) is 5.01 Å². The van der Waals surface area contributed by atoms with Crippen LogP contribution in [-0.2, 0) is 22.6 Å². The van der Waals surface area contributed by atoms with Gasteiger partial charge in [-0.2, -0.15) is 5.10 Å². The van der Waals surface area contributed by atoms with Crippen LogP contribution in [0.3, 0.4) is 0 Å². The molecule has 0 aliphatic carbocycles. The van der Waals surface area contributed by atoms with E-state index in [9.17, 15) is 9.59 Å². The van der Waals surface area contributed by atoms with Gasteiger partial charge in [0.1, 0.15) is 24.1 Å². The molecule has 27 heavy (non-hydrogen) atoms. The van der Waals surface area contributed by atoms with Gasteiger partial charge in [-0.15, -0.1) is 0 Å². The molecule has 1 saturated heterocycles. The van der Waals surface area contributed by atoms with Crippen LogP contribution in [0.25, 0.3) is 10.9 Å². The Morgan fingerprint density at radius 1 is 1.19 bits per heavy atom. The fraction of sp³-hybridized carbons (Fsp3) is 0.250. The van der Waals surface area contributed by atoms with E-state index >= 15 is 0 Å². The zero-order valence-electron chi connectivity index (χ0n) is 14.8. The van der Waals surface area contributed by atoms with Gasteiger partial charge in [0.2, 0.25) is 5.91 Å². The topological polar surface area (TPSA) is 81.9 Å². The number of hydrogen-bond donors (Lipinski definition) is 1. The molecule has 1 N–H and O–H groups in total. The van der Waals surface area contributed by atoms with Gasteiger partial charge < -0.3 is 14.3 Å². The van der Waals surface area contributed by atoms with Crippen LogP contribution < -0.4 is 0 Å². The predicted molar refractivity (Wildman–Crippen MR) is 99.1 cm³/mol. The molecule has 136 valence electrons. The highest BCUT2D eigenvalue weighted by Crippen LogP contribution is 2.32. The molecule has 1 fully saturated rings. The van der Waals surface area contributed by atoms with Crippen LogP contribution in [0.1, 0.15) is 22.8 Å². The lowest BCUT2D eigenvalue weighted by molar-refractivity contribution is -0.157. The molecular weight excluding hydrogens is 344 g/mol. The van der Waals surface area contributed by atoms with Crippen LogP contribution in [0.15, 0.2) is 45.9 Å². The van der Waals surface area contributed by atoms with Gasteiger partial charge in [0.05, 0.1) is 12.8 Å². The molecule has 2 aliphatic rings. The largest absolute Gasteiger partial charge is 0.460 e. The number of fused-ring (bicyclic) bond motifs is 4. The summed E-state index contributed by atoms with van der Waals surface area (Å²) in [5.74, 6) is 1.06. The van der Waals surface area contributed by atoms with Crippen LogP contribution in [0.5, 0.6) is 0 Å². The maximum absolute atomic E-state index is 13.0. The molecule has 5 rings (SSSR count). The monoisotopic (exact) mass is 362 g/mol. The number of aromatic amines is 1. The molecule has 0 radical (unpaired) electrons. The van der Waals surface area contributed by atoms with Crippen molar-refractivity contribution >= 4 is 28.9 Å². The number of hydrogen-bond acceptors (Lipinski definition) is 4. The lowest BCUT2D eigenvalue weighted by Gasteiger charge is -2.40. The summed E-state index contributed by atoms with van der Waals surface area (Å²) in [4.78, 5) is 30.7. The Labute approximate surface area is 155 Å². The Bertz CT molecular complexity index is 1090. The number of nitrogens with one attached hydrogen (secondary N) is 1. The molecule has 2 aromatic heterocycles. The summed E-state index contributed by atoms with van der Waals surface area (Å²) in [7, 11) is 0. The highest BCUT2D eigenvalue weighted by molar-refractivity contribution is 5.97. The fourth-order valence-electron chi connectivity index (χ4n) is 3.91. The van der Waals surface area contributed by atoms with Gasteiger partial charge in [0.15, 0.2) is 0 Å². The van der Waals surface area contributed by atoms with Crippen molar-refractivity contribution in [1.29, 1.82) is 0 Å². The normalized spacial score (nSPS) is 19.8. The number of piperazine rings is 1. The second-order valence-corrected chi connectivity index (χ2v) is 6.96. The third-order valence-corrected chi connectivity index (χ3v) is 5.23. The van der Waals surface area contributed by atoms with E-state index in [1.165, 1.54) is 11.2 Å². The average molecular weight is 362 g/mol. The Balaban J connectivity index is 1.45. The summed E-state index contributed by atoms with van der Waals surface area (Å²) in [6, 6.07) is 11.1. The minimum atomic E-state index is -0.520. The van der Waals surface area contributed by atoms with E-state index in [1.807, 2.05) is 37.3 Å². The minimum absolute atomic E-state index is 0.0545. The number of nitrogens with zero attached hydrogens (tertiary/aromatic N) is 3. The smallest absolute Gasteiger partial charge is 0.266 e. The van der Waals surface area contributed by atoms with Crippen molar-refractivity contribution in [3.05, 3.63) is 59.2 Å². The van der Waals surface area contributed by atoms with Crippen molar-refractivity contribution < 1.29 is 14.0 Å². The molecule has 0 bridgehead atoms. The number of H-pyrrole nitrogens is 1. The molecule has 3 aromatic rings. The molecule has 4 heterocycles. The molecule has 1 aromatic carbocycles. The third-order valence-electron chi connectivity index (χ3n) is 5.23. The Morgan fingerprint density at radius 3 is 2.85 bits per heavy atom. The number of para-hydroxylation sites is 1. The molecule has 7 heteroatoms. The molecule has 7 nitrogen and oxygen atoms in total. The van der Waals surface area contributed by atoms with Crippen molar-refractivity contribution in [2.45, 2.75) is 25.9 Å². The maximum atomic E-state index is 13.0. The van der Waals surface area contributed by atoms with Crippen molar-refractivity contribution in [2.75, 3.05) is 6.54 Å². The van der Waals surface area contributed by atoms with Gasteiger partial charge in [0, 0.05) is 23.0 Å². The first-order valence-electron chi connectivity index (χ1n) is 8.90. The first kappa shape index (κ1) is 15.9. The van der Waals surface area contributed by atoms with Gasteiger partial charge in [0.25, 0.3) is 5.91 Å². The lowest BCUT2D eigenvalue weighted by Crippen LogP contribution is -2.60. The number of hydrazone groups is 1. The van der Waals surface area contributed by atoms with E-state index in [4.69, 9.17) is 4.42 Å². The molecule has 2 aliphatic heterocycles. The summed E-state index contributed by atoms with van der Waals surface area (Å²) >= 11 is 0. The number of carbonyl (C=O) groups is 2. The number of benzene rings is 1. The number of aromatic nitrogens is 1. The van der Waals surface area contributed by atoms with Gasteiger partial charge in [-0.05, 0) is 30.7 Å². The maximum Gasteiger partial charge on any atom is 0.266 e. The van der Waals surface area contributed by atoms with Crippen LogP contribution in [0.2, 0.25) is 0 Å². The van der Waals surface area contributed by atoms with E-state index < -0.39 is 6.04 Å². The summed E-state index contributed by atoms with van der Waals surface area (Å²) in [5, 5.41) is 6.57. The second-order valence-electron chi connectivity index (χ2n) is 6.96. The summed E-state index contributed by atoms with van der Waals surface area (Å²) in [6.45, 7) is 2.21. The van der Waals surface area contributed by atoms with Crippen LogP contribution in [-0.4, -0.2) is 45.5 Å². The molecule has 1 atom stereocenters. The fourth-order valence-corrected chi connectivity index (χ4v) is 3.91. The van der Waals surface area contributed by atoms with Crippen LogP contribution >= 0.6 is 0 Å². The average Bonchev–Trinajstić information content (AvgIpc) is 3.25. The summed E-state index contributed by atoms with van der Waals surface area (Å²) in [5.41, 5.74) is 3.16. The molecular formula is C20H18N4O3. The minimum Gasteiger partial charge on any atom is -0.460 e. The number of rotatable bonds is 2. The molecule has 0 unspecified atom stereocenters. The second kappa shape index (κ2) is 5.84. The zero-order valence-corrected chi connectivity index (χ0v) is 14.8. The van der Waals surface area contributed by atoms with E-state index in [2.05, 4.69) is 10.1 Å². The quantitative estimate of drug-likeness (QED) is 0.710. The third kappa shape index (κ3) is 2.54. The highest BCUT2D eigenvalue weighted by Gasteiger charge is 2.43. The Hall–Kier alpha value is -3.35. The lowest BCUT2D eigenvalue weighted by atomic mass is 9.94. The molecule has 2 amide bonds. The predicted octanol–water partition coefficient (Wildman–Crippen LogP) is 2.20. The van der Waals surface area contributed by atoms with Crippen molar-refractivity contribution in [1.82, 2.24) is 14.9 Å². The molecule has 0 saturated carbocycles. The van der Waals surface area contributed by atoms with Crippen LogP contribution in [0.4, 0.5) is 0 Å². The van der Waals surface area contributed by atoms with Crippen molar-refractivity contribution in [3.63, 3.8) is 0 Å². The number of carbonyl (C=O) groups excluding carboxylic acids is 2. The first-order valence-corrected chi connectivity index (χ1v) is 8.90. The number of aryl methyl sites for hydroxylation is 1. The highest BCUT2D eigenvalue weighted by atomic mass is 16.3. The van der Waals surface area contributed by atoms with E-state index in [0.29, 0.717) is 18.7 Å². The van der Waals surface area contributed by atoms with Crippen molar-refractivity contribution in [2.24, 2.45) is 5.10 Å². The van der Waals surface area contributed by atoms with Gasteiger partial charge in [-0.3, -0.25) is 9.59 Å². The van der Waals surface area contributed by atoms with Crippen molar-refractivity contribution in [3.8, 4) is 0 Å². The summed E-state index contributed by atoms with van der Waals surface area (Å²) < 4.78 is 5.44. The van der Waals surface area contributed by atoms with E-state index in [1.54, 1.807) is 11.0 Å². The zero-order chi connectivity index (χ0) is 18.5. The SMILES string of the molecule is Cc1ccc(C=NN2CC(=O)N3Cc4[nH]c5ccccc5c4C[C@@H]3C2=O)o1. The Kier molecular flexibility index (Phi) is 3.43. The first-order chi connectivity index (χ1) is 13.1. The van der Waals surface area contributed by atoms with E-state index in [-0.39, 0.29) is 18.4 Å². The molecule has 0 spiro atoms. The number of furan rings is 1. The van der Waals surface area contributed by atoms with Gasteiger partial charge >= 0.3 is 0 Å². The van der Waals surface area contributed by atoms with Gasteiger partial charge in [-0.1, -0.05) is 18.2 Å². The summed E-state index contributed by atoms with van der Waals surface area (Å²) in [6.07, 6.45) is 1.98. The van der Waals surface area contributed by atoms with E-state index in [0.717, 1.165) is 27.9 Å². The van der Waals surface area contributed by atoms with Crippen LogP contribution in [0, 0.1) is 6.92 Å². The Morgan fingerprint density at radius 2 is 2.04 bits per heavy atom. The number of amides is 2. The standard InChI is InChI=1S/C20H18N4O3/c1-12-6-7-13(27-12)9-21-24-11-19(25)23-10-17-15(8-18(23)20(24)26)14-4-2-3-5-16(14)22-17/h2-7,9,18,22H,8,10-11H2,1H3/t18-/m1/s1.